The van der Waals surface area contributed by atoms with Gasteiger partial charge in [0.05, 0.1) is 6.20 Å². The molecule has 80 valence electrons. The smallest absolute Gasteiger partial charge is 0.232 e. The molecule has 0 saturated heterocycles. The third-order valence-electron chi connectivity index (χ3n) is 1.40. The second kappa shape index (κ2) is 4.57. The minimum atomic E-state index is -3.41. The fourth-order valence-electron chi connectivity index (χ4n) is 0.711. The predicted octanol–water partition coefficient (Wildman–Crippen LogP) is 1.73. The molecule has 1 rings (SSSR count). The molecule has 0 bridgehead atoms. The zero-order chi connectivity index (χ0) is 10.8. The van der Waals surface area contributed by atoms with Crippen LogP contribution in [0.25, 0.3) is 0 Å². The van der Waals surface area contributed by atoms with Gasteiger partial charge in [-0.25, -0.2) is 18.1 Å². The van der Waals surface area contributed by atoms with Crippen LogP contribution in [0.3, 0.4) is 0 Å². The number of sulfonamides is 1. The molecule has 0 aliphatic rings. The van der Waals surface area contributed by atoms with Crippen molar-refractivity contribution in [2.45, 2.75) is 18.1 Å². The van der Waals surface area contributed by atoms with Crippen molar-refractivity contribution < 1.29 is 8.42 Å². The highest BCUT2D eigenvalue weighted by Crippen LogP contribution is 2.21. The molecule has 1 heterocycles. The van der Waals surface area contributed by atoms with Crippen LogP contribution in [0, 0.1) is 5.92 Å². The Morgan fingerprint density at radius 1 is 1.64 bits per heavy atom. The van der Waals surface area contributed by atoms with Crippen LogP contribution in [0.1, 0.15) is 13.8 Å². The molecule has 0 spiro atoms. The molecule has 0 aromatic carbocycles. The van der Waals surface area contributed by atoms with E-state index in [1.807, 2.05) is 13.8 Å². The van der Waals surface area contributed by atoms with Crippen LogP contribution in [-0.4, -0.2) is 19.9 Å². The van der Waals surface area contributed by atoms with Gasteiger partial charge in [-0.2, -0.15) is 0 Å². The standard InChI is InChI=1S/C7H11ClN2O2S2/c1-5(2)3-10-14(11,12)6-4-9-7(8)13-6/h4-5,10H,3H2,1-2H3. The van der Waals surface area contributed by atoms with Gasteiger partial charge in [0.1, 0.15) is 0 Å². The van der Waals surface area contributed by atoms with Crippen molar-refractivity contribution in [1.82, 2.24) is 9.71 Å². The van der Waals surface area contributed by atoms with Gasteiger partial charge in [-0.3, -0.25) is 0 Å². The van der Waals surface area contributed by atoms with Crippen LogP contribution in [0.2, 0.25) is 4.47 Å². The van der Waals surface area contributed by atoms with Crippen LogP contribution < -0.4 is 4.72 Å². The number of nitrogens with zero attached hydrogens (tertiary/aromatic N) is 1. The number of hydrogen-bond donors (Lipinski definition) is 1. The molecule has 1 aromatic rings. The van der Waals surface area contributed by atoms with Gasteiger partial charge in [-0.1, -0.05) is 36.8 Å². The molecule has 1 N–H and O–H groups in total. The van der Waals surface area contributed by atoms with Crippen molar-refractivity contribution in [2.75, 3.05) is 6.54 Å². The number of nitrogens with one attached hydrogen (secondary N) is 1. The molecule has 0 saturated carbocycles. The van der Waals surface area contributed by atoms with E-state index in [9.17, 15) is 8.42 Å². The zero-order valence-electron chi connectivity index (χ0n) is 7.82. The van der Waals surface area contributed by atoms with Gasteiger partial charge in [-0.15, -0.1) is 0 Å². The van der Waals surface area contributed by atoms with Crippen LogP contribution >= 0.6 is 22.9 Å². The highest BCUT2D eigenvalue weighted by atomic mass is 35.5. The third-order valence-corrected chi connectivity index (χ3v) is 4.40. The number of hydrogen-bond acceptors (Lipinski definition) is 4. The summed E-state index contributed by atoms with van der Waals surface area (Å²) in [7, 11) is -3.41. The molecule has 0 amide bonds. The average molecular weight is 255 g/mol. The van der Waals surface area contributed by atoms with Gasteiger partial charge >= 0.3 is 0 Å². The summed E-state index contributed by atoms with van der Waals surface area (Å²) in [6, 6.07) is 0. The van der Waals surface area contributed by atoms with E-state index in [1.165, 1.54) is 6.20 Å². The van der Waals surface area contributed by atoms with Crippen molar-refractivity contribution in [3.63, 3.8) is 0 Å². The normalized spacial score (nSPS) is 12.3. The molecule has 14 heavy (non-hydrogen) atoms. The summed E-state index contributed by atoms with van der Waals surface area (Å²) in [5, 5.41) is 0. The Labute approximate surface area is 92.4 Å². The summed E-state index contributed by atoms with van der Waals surface area (Å²) >= 11 is 6.49. The van der Waals surface area contributed by atoms with E-state index < -0.39 is 10.0 Å². The average Bonchev–Trinajstić information content (AvgIpc) is 2.49. The van der Waals surface area contributed by atoms with Gasteiger partial charge in [-0.05, 0) is 5.92 Å². The molecule has 1 aromatic heterocycles. The van der Waals surface area contributed by atoms with E-state index in [1.54, 1.807) is 0 Å². The first-order chi connectivity index (χ1) is 6.42. The highest BCUT2D eigenvalue weighted by molar-refractivity contribution is 7.91. The van der Waals surface area contributed by atoms with Crippen molar-refractivity contribution in [3.8, 4) is 0 Å². The summed E-state index contributed by atoms with van der Waals surface area (Å²) < 4.78 is 26.0. The summed E-state index contributed by atoms with van der Waals surface area (Å²) in [6.45, 7) is 4.28. The second-order valence-electron chi connectivity index (χ2n) is 3.18. The SMILES string of the molecule is CC(C)CNS(=O)(=O)c1cnc(Cl)s1. The fourth-order valence-corrected chi connectivity index (χ4v) is 3.26. The second-order valence-corrected chi connectivity index (χ2v) is 6.78. The Morgan fingerprint density at radius 2 is 2.29 bits per heavy atom. The summed E-state index contributed by atoms with van der Waals surface area (Å²) in [5.41, 5.74) is 0. The molecular formula is C7H11ClN2O2S2. The van der Waals surface area contributed by atoms with Crippen LogP contribution in [-0.2, 0) is 10.0 Å². The van der Waals surface area contributed by atoms with Gasteiger partial charge in [0.2, 0.25) is 0 Å². The maximum absolute atomic E-state index is 11.6. The van der Waals surface area contributed by atoms with E-state index in [4.69, 9.17) is 11.6 Å². The lowest BCUT2D eigenvalue weighted by Crippen LogP contribution is -2.26. The Bertz CT molecular complexity index is 400. The van der Waals surface area contributed by atoms with Crippen LogP contribution in [0.4, 0.5) is 0 Å². The molecule has 0 aliphatic heterocycles. The first-order valence-corrected chi connectivity index (χ1v) is 6.70. The molecule has 0 aliphatic carbocycles. The largest absolute Gasteiger partial charge is 0.251 e. The van der Waals surface area contributed by atoms with Crippen molar-refractivity contribution in [3.05, 3.63) is 10.7 Å². The van der Waals surface area contributed by atoms with Crippen LogP contribution in [0.15, 0.2) is 10.4 Å². The van der Waals surface area contributed by atoms with E-state index in [2.05, 4.69) is 9.71 Å². The monoisotopic (exact) mass is 254 g/mol. The van der Waals surface area contributed by atoms with Gasteiger partial charge in [0, 0.05) is 6.54 Å². The Kier molecular flexibility index (Phi) is 3.88. The molecule has 0 radical (unpaired) electrons. The lowest BCUT2D eigenvalue weighted by atomic mass is 10.2. The zero-order valence-corrected chi connectivity index (χ0v) is 10.2. The van der Waals surface area contributed by atoms with Gasteiger partial charge in [0.15, 0.2) is 8.68 Å². The molecule has 0 fully saturated rings. The predicted molar refractivity (Wildman–Crippen MR) is 57.2 cm³/mol. The minimum Gasteiger partial charge on any atom is -0.232 e. The van der Waals surface area contributed by atoms with Crippen molar-refractivity contribution in [1.29, 1.82) is 0 Å². The van der Waals surface area contributed by atoms with Gasteiger partial charge in [0.25, 0.3) is 10.0 Å². The number of aromatic nitrogens is 1. The topological polar surface area (TPSA) is 59.1 Å². The highest BCUT2D eigenvalue weighted by Gasteiger charge is 2.17. The minimum absolute atomic E-state index is 0.156. The maximum atomic E-state index is 11.6. The van der Waals surface area contributed by atoms with E-state index in [0.717, 1.165) is 11.3 Å². The number of rotatable bonds is 4. The summed E-state index contributed by atoms with van der Waals surface area (Å²) in [6.07, 6.45) is 1.26. The lowest BCUT2D eigenvalue weighted by Gasteiger charge is -2.05. The van der Waals surface area contributed by atoms with E-state index in [0.29, 0.717) is 6.54 Å². The summed E-state index contributed by atoms with van der Waals surface area (Å²) in [4.78, 5) is 3.67. The number of halogens is 1. The Hall–Kier alpha value is -0.170. The Morgan fingerprint density at radius 3 is 2.71 bits per heavy atom. The fraction of sp³-hybridized carbons (Fsp3) is 0.571. The lowest BCUT2D eigenvalue weighted by molar-refractivity contribution is 0.562. The van der Waals surface area contributed by atoms with Gasteiger partial charge < -0.3 is 0 Å². The molecular weight excluding hydrogens is 244 g/mol. The van der Waals surface area contributed by atoms with Crippen molar-refractivity contribution in [2.24, 2.45) is 5.92 Å². The maximum Gasteiger partial charge on any atom is 0.251 e. The summed E-state index contributed by atoms with van der Waals surface area (Å²) in [5.74, 6) is 0.271. The molecule has 0 atom stereocenters. The first kappa shape index (κ1) is 11.9. The number of thiazole rings is 1. The first-order valence-electron chi connectivity index (χ1n) is 4.03. The molecule has 7 heteroatoms. The van der Waals surface area contributed by atoms with Crippen molar-refractivity contribution >= 4 is 33.0 Å². The van der Waals surface area contributed by atoms with Crippen LogP contribution in [0.5, 0.6) is 0 Å². The quantitative estimate of drug-likeness (QED) is 0.890. The van der Waals surface area contributed by atoms with E-state index in [-0.39, 0.29) is 14.6 Å². The third kappa shape index (κ3) is 3.20. The molecule has 4 nitrogen and oxygen atoms in total. The van der Waals surface area contributed by atoms with E-state index >= 15 is 0 Å². The Balaban J connectivity index is 2.76. The molecule has 0 unspecified atom stereocenters.